The molecule has 0 saturated carbocycles. The molecule has 1 N–H and O–H groups in total. The highest BCUT2D eigenvalue weighted by atomic mass is 16.5. The summed E-state index contributed by atoms with van der Waals surface area (Å²) in [5.41, 5.74) is 4.17. The zero-order valence-electron chi connectivity index (χ0n) is 20.8. The lowest BCUT2D eigenvalue weighted by Crippen LogP contribution is -2.23. The smallest absolute Gasteiger partial charge is 0.265 e. The Morgan fingerprint density at radius 3 is 2.31 bits per heavy atom. The fourth-order valence-electron chi connectivity index (χ4n) is 4.23. The van der Waals surface area contributed by atoms with Gasteiger partial charge in [0.05, 0.1) is 30.9 Å². The molecular weight excluding hydrogens is 438 g/mol. The van der Waals surface area contributed by atoms with Crippen molar-refractivity contribution in [3.8, 4) is 17.3 Å². The van der Waals surface area contributed by atoms with Crippen LogP contribution in [0.5, 0.6) is 11.6 Å². The van der Waals surface area contributed by atoms with Crippen molar-refractivity contribution in [1.82, 2.24) is 9.47 Å². The van der Waals surface area contributed by atoms with E-state index in [0.29, 0.717) is 28.6 Å². The molecule has 0 aliphatic heterocycles. The van der Waals surface area contributed by atoms with Crippen molar-refractivity contribution in [2.45, 2.75) is 19.9 Å². The maximum absolute atomic E-state index is 13.3. The van der Waals surface area contributed by atoms with E-state index in [-0.39, 0.29) is 17.5 Å². The number of benzene rings is 3. The average Bonchev–Trinajstić information content (AvgIpc) is 2.85. The molecule has 0 fully saturated rings. The van der Waals surface area contributed by atoms with Crippen molar-refractivity contribution in [2.24, 2.45) is 4.99 Å². The third kappa shape index (κ3) is 4.84. The average molecular weight is 470 g/mol. The summed E-state index contributed by atoms with van der Waals surface area (Å²) in [6.45, 7) is 4.49. The van der Waals surface area contributed by atoms with Crippen LogP contribution in [0, 0.1) is 13.8 Å². The molecule has 1 aromatic heterocycles. The number of likely N-dealkylation sites (N-methyl/N-ethyl adjacent to an activating group) is 1. The molecule has 6 heteroatoms. The van der Waals surface area contributed by atoms with Gasteiger partial charge in [-0.25, -0.2) is 4.57 Å². The number of aromatic nitrogens is 1. The molecule has 35 heavy (non-hydrogen) atoms. The molecule has 0 aliphatic rings. The minimum atomic E-state index is -0.261. The van der Waals surface area contributed by atoms with E-state index in [2.05, 4.69) is 4.90 Å². The van der Waals surface area contributed by atoms with Gasteiger partial charge < -0.3 is 14.7 Å². The SMILES string of the molecule is COc1ccc([C@H](CN=Cc2c(O)n(-c3ccc(C)c(C)c3)c(=O)c3ccccc23)N(C)C)cc1. The van der Waals surface area contributed by atoms with Gasteiger partial charge in [0.1, 0.15) is 5.75 Å². The van der Waals surface area contributed by atoms with Crippen LogP contribution in [-0.4, -0.2) is 48.5 Å². The van der Waals surface area contributed by atoms with Crippen LogP contribution in [-0.2, 0) is 0 Å². The Bertz CT molecular complexity index is 1440. The number of pyridine rings is 1. The molecule has 6 nitrogen and oxygen atoms in total. The van der Waals surface area contributed by atoms with Crippen molar-refractivity contribution < 1.29 is 9.84 Å². The van der Waals surface area contributed by atoms with Crippen LogP contribution >= 0.6 is 0 Å². The number of methoxy groups -OCH3 is 1. The second kappa shape index (κ2) is 10.2. The van der Waals surface area contributed by atoms with Gasteiger partial charge in [-0.1, -0.05) is 36.4 Å². The molecule has 0 unspecified atom stereocenters. The first-order valence-corrected chi connectivity index (χ1v) is 11.6. The molecule has 1 heterocycles. The van der Waals surface area contributed by atoms with Crippen molar-refractivity contribution in [1.29, 1.82) is 0 Å². The third-order valence-corrected chi connectivity index (χ3v) is 6.47. The first-order chi connectivity index (χ1) is 16.8. The summed E-state index contributed by atoms with van der Waals surface area (Å²) >= 11 is 0. The molecule has 1 atom stereocenters. The molecule has 4 aromatic rings. The number of nitrogens with zero attached hydrogens (tertiary/aromatic N) is 3. The number of hydrogen-bond donors (Lipinski definition) is 1. The first-order valence-electron chi connectivity index (χ1n) is 11.6. The molecule has 0 bridgehead atoms. The van der Waals surface area contributed by atoms with Gasteiger partial charge in [0.15, 0.2) is 0 Å². The summed E-state index contributed by atoms with van der Waals surface area (Å²) in [6, 6.07) is 21.0. The Labute approximate surface area is 205 Å². The second-order valence-corrected chi connectivity index (χ2v) is 8.94. The number of aryl methyl sites for hydroxylation is 2. The van der Waals surface area contributed by atoms with Crippen LogP contribution in [0.1, 0.15) is 28.3 Å². The van der Waals surface area contributed by atoms with Gasteiger partial charge in [-0.05, 0) is 75.0 Å². The van der Waals surface area contributed by atoms with E-state index in [0.717, 1.165) is 22.4 Å². The van der Waals surface area contributed by atoms with Crippen molar-refractivity contribution in [3.05, 3.63) is 99.3 Å². The normalized spacial score (nSPS) is 12.5. The van der Waals surface area contributed by atoms with Gasteiger partial charge >= 0.3 is 0 Å². The van der Waals surface area contributed by atoms with Gasteiger partial charge in [-0.15, -0.1) is 0 Å². The predicted molar refractivity (Wildman–Crippen MR) is 143 cm³/mol. The van der Waals surface area contributed by atoms with Gasteiger partial charge in [-0.2, -0.15) is 0 Å². The number of hydrogen-bond acceptors (Lipinski definition) is 5. The summed E-state index contributed by atoms with van der Waals surface area (Å²) in [5.74, 6) is 0.686. The van der Waals surface area contributed by atoms with Crippen molar-refractivity contribution in [2.75, 3.05) is 27.7 Å². The van der Waals surface area contributed by atoms with Crippen molar-refractivity contribution >= 4 is 17.0 Å². The van der Waals surface area contributed by atoms with Gasteiger partial charge in [-0.3, -0.25) is 9.79 Å². The number of aromatic hydroxyl groups is 1. The third-order valence-electron chi connectivity index (χ3n) is 6.47. The van der Waals surface area contributed by atoms with Crippen LogP contribution in [0.3, 0.4) is 0 Å². The maximum atomic E-state index is 13.3. The molecule has 0 saturated heterocycles. The van der Waals surface area contributed by atoms with Crippen molar-refractivity contribution in [3.63, 3.8) is 0 Å². The lowest BCUT2D eigenvalue weighted by Gasteiger charge is -2.23. The minimum absolute atomic E-state index is 0.0382. The summed E-state index contributed by atoms with van der Waals surface area (Å²) in [5, 5.41) is 12.5. The zero-order chi connectivity index (χ0) is 25.1. The van der Waals surface area contributed by atoms with Gasteiger partial charge in [0.25, 0.3) is 5.56 Å². The quantitative estimate of drug-likeness (QED) is 0.385. The minimum Gasteiger partial charge on any atom is -0.497 e. The Morgan fingerprint density at radius 2 is 1.69 bits per heavy atom. The van der Waals surface area contributed by atoms with Crippen LogP contribution in [0.2, 0.25) is 0 Å². The number of aliphatic imine (C=N–C) groups is 1. The van der Waals surface area contributed by atoms with E-state index in [1.807, 2.05) is 88.6 Å². The maximum Gasteiger partial charge on any atom is 0.265 e. The van der Waals surface area contributed by atoms with E-state index in [4.69, 9.17) is 9.73 Å². The fourth-order valence-corrected chi connectivity index (χ4v) is 4.23. The van der Waals surface area contributed by atoms with E-state index in [9.17, 15) is 9.90 Å². The topological polar surface area (TPSA) is 67.1 Å². The van der Waals surface area contributed by atoms with E-state index >= 15 is 0 Å². The lowest BCUT2D eigenvalue weighted by molar-refractivity contribution is 0.306. The van der Waals surface area contributed by atoms with Gasteiger partial charge in [0, 0.05) is 17.0 Å². The predicted octanol–water partition coefficient (Wildman–Crippen LogP) is 5.04. The van der Waals surface area contributed by atoms with Crippen LogP contribution < -0.4 is 10.3 Å². The molecule has 180 valence electrons. The standard InChI is InChI=1S/C29H31N3O3/c1-19-10-13-22(16-20(19)2)32-28(33)25-9-7-6-8-24(25)26(29(32)34)17-30-18-27(31(3)4)21-11-14-23(35-5)15-12-21/h6-17,27,34H,18H2,1-5H3/t27-/m0/s1. The zero-order valence-corrected chi connectivity index (χ0v) is 20.8. The number of fused-ring (bicyclic) bond motifs is 1. The molecular formula is C29H31N3O3. The monoisotopic (exact) mass is 469 g/mol. The second-order valence-electron chi connectivity index (χ2n) is 8.94. The summed E-state index contributed by atoms with van der Waals surface area (Å²) in [6.07, 6.45) is 1.68. The Balaban J connectivity index is 1.78. The summed E-state index contributed by atoms with van der Waals surface area (Å²) in [4.78, 5) is 20.2. The highest BCUT2D eigenvalue weighted by Crippen LogP contribution is 2.27. The number of ether oxygens (including phenoxy) is 1. The molecule has 4 rings (SSSR count). The van der Waals surface area contributed by atoms with Crippen LogP contribution in [0.4, 0.5) is 0 Å². The first kappa shape index (κ1) is 24.2. The van der Waals surface area contributed by atoms with E-state index in [1.54, 1.807) is 19.4 Å². The largest absolute Gasteiger partial charge is 0.497 e. The summed E-state index contributed by atoms with van der Waals surface area (Å²) in [7, 11) is 5.67. The Kier molecular flexibility index (Phi) is 7.03. The van der Waals surface area contributed by atoms with E-state index in [1.165, 1.54) is 4.57 Å². The highest BCUT2D eigenvalue weighted by molar-refractivity contribution is 6.01. The van der Waals surface area contributed by atoms with E-state index < -0.39 is 0 Å². The Hall–Kier alpha value is -3.90. The molecule has 0 aliphatic carbocycles. The molecule has 0 radical (unpaired) electrons. The number of rotatable bonds is 7. The van der Waals surface area contributed by atoms with Gasteiger partial charge in [0.2, 0.25) is 5.88 Å². The molecule has 0 spiro atoms. The molecule has 0 amide bonds. The fraction of sp³-hybridized carbons (Fsp3) is 0.241. The Morgan fingerprint density at radius 1 is 1.00 bits per heavy atom. The molecule has 3 aromatic carbocycles. The van der Waals surface area contributed by atoms with Crippen LogP contribution in [0.15, 0.2) is 76.5 Å². The summed E-state index contributed by atoms with van der Waals surface area (Å²) < 4.78 is 6.64. The lowest BCUT2D eigenvalue weighted by atomic mass is 10.0. The highest BCUT2D eigenvalue weighted by Gasteiger charge is 2.18. The van der Waals surface area contributed by atoms with Crippen LogP contribution in [0.25, 0.3) is 16.5 Å².